The van der Waals surface area contributed by atoms with Crippen molar-refractivity contribution in [2.24, 2.45) is 0 Å². The summed E-state index contributed by atoms with van der Waals surface area (Å²) in [5, 5.41) is 8.34. The molecule has 0 amide bonds. The van der Waals surface area contributed by atoms with Gasteiger partial charge in [0.1, 0.15) is 0 Å². The topological polar surface area (TPSA) is 63.6 Å². The number of benzene rings is 1. The normalized spacial score (nSPS) is 10.0. The van der Waals surface area contributed by atoms with Gasteiger partial charge in [-0.1, -0.05) is 18.2 Å². The molecule has 0 aliphatic carbocycles. The molecule has 0 heterocycles. The summed E-state index contributed by atoms with van der Waals surface area (Å²) in [7, 11) is -1.92. The molecule has 0 aliphatic rings. The Morgan fingerprint density at radius 3 is 2.47 bits per heavy atom. The Morgan fingerprint density at radius 2 is 1.93 bits per heavy atom. The summed E-state index contributed by atoms with van der Waals surface area (Å²) in [6, 6.07) is 8.69. The van der Waals surface area contributed by atoms with Crippen LogP contribution in [-0.2, 0) is 28.8 Å². The minimum Gasteiger partial charge on any atom is -0.481 e. The van der Waals surface area contributed by atoms with Crippen LogP contribution in [0.2, 0.25) is 0 Å². The van der Waals surface area contributed by atoms with Gasteiger partial charge in [-0.05, 0) is 16.7 Å². The SMILES string of the molecule is O=C(O)CC[P+](=O)Oc1ccccc1.[Zn]. The van der Waals surface area contributed by atoms with E-state index in [-0.39, 0.29) is 32.1 Å². The molecule has 1 aromatic carbocycles. The van der Waals surface area contributed by atoms with Gasteiger partial charge in [-0.2, -0.15) is 0 Å². The number of carboxylic acids is 1. The first-order valence-electron chi connectivity index (χ1n) is 4.08. The van der Waals surface area contributed by atoms with E-state index in [9.17, 15) is 9.36 Å². The van der Waals surface area contributed by atoms with E-state index in [0.717, 1.165) is 0 Å². The van der Waals surface area contributed by atoms with Crippen LogP contribution in [0, 0.1) is 0 Å². The molecule has 4 nitrogen and oxygen atoms in total. The average Bonchev–Trinajstić information content (AvgIpc) is 2.16. The molecule has 0 radical (unpaired) electrons. The van der Waals surface area contributed by atoms with Gasteiger partial charge in [0.25, 0.3) is 0 Å². The van der Waals surface area contributed by atoms with Crippen LogP contribution in [-0.4, -0.2) is 17.2 Å². The zero-order valence-electron chi connectivity index (χ0n) is 8.13. The van der Waals surface area contributed by atoms with Crippen LogP contribution in [0.5, 0.6) is 5.75 Å². The number of rotatable bonds is 5. The van der Waals surface area contributed by atoms with Crippen molar-refractivity contribution in [3.8, 4) is 5.75 Å². The number of hydrogen-bond donors (Lipinski definition) is 1. The van der Waals surface area contributed by atoms with Gasteiger partial charge < -0.3 is 5.11 Å². The van der Waals surface area contributed by atoms with Gasteiger partial charge in [-0.15, -0.1) is 0 Å². The van der Waals surface area contributed by atoms with E-state index in [2.05, 4.69) is 0 Å². The molecule has 0 saturated heterocycles. The summed E-state index contributed by atoms with van der Waals surface area (Å²) < 4.78 is 16.2. The second-order valence-electron chi connectivity index (χ2n) is 2.60. The third-order valence-corrected chi connectivity index (χ3v) is 2.46. The van der Waals surface area contributed by atoms with Crippen LogP contribution in [0.25, 0.3) is 0 Å². The van der Waals surface area contributed by atoms with Gasteiger partial charge in [0.15, 0.2) is 11.9 Å². The van der Waals surface area contributed by atoms with Crippen molar-refractivity contribution in [3.63, 3.8) is 0 Å². The second kappa shape index (κ2) is 7.50. The van der Waals surface area contributed by atoms with Gasteiger partial charge in [0.05, 0.1) is 6.42 Å². The molecule has 15 heavy (non-hydrogen) atoms. The van der Waals surface area contributed by atoms with Crippen molar-refractivity contribution in [2.75, 3.05) is 6.16 Å². The van der Waals surface area contributed by atoms with Crippen LogP contribution >= 0.6 is 8.03 Å². The van der Waals surface area contributed by atoms with Crippen LogP contribution in [0.3, 0.4) is 0 Å². The van der Waals surface area contributed by atoms with E-state index in [1.807, 2.05) is 6.07 Å². The molecule has 0 aliphatic heterocycles. The minimum absolute atomic E-state index is 0. The maximum atomic E-state index is 11.2. The molecule has 0 spiro atoms. The van der Waals surface area contributed by atoms with Crippen molar-refractivity contribution >= 4 is 14.0 Å². The molecule has 1 unspecified atom stereocenters. The molecular formula is C9H10O4PZn+. The molecule has 0 fully saturated rings. The molecule has 1 atom stereocenters. The first-order valence-corrected chi connectivity index (χ1v) is 5.44. The Labute approximate surface area is 101 Å². The monoisotopic (exact) mass is 277 g/mol. The van der Waals surface area contributed by atoms with E-state index >= 15 is 0 Å². The fourth-order valence-electron chi connectivity index (χ4n) is 0.831. The molecule has 0 bridgehead atoms. The Kier molecular flexibility index (Phi) is 7.10. The Balaban J connectivity index is 0.00000196. The third kappa shape index (κ3) is 6.32. The van der Waals surface area contributed by atoms with Gasteiger partial charge in [-0.3, -0.25) is 9.32 Å². The zero-order valence-corrected chi connectivity index (χ0v) is 12.0. The standard InChI is InChI=1S/C9H9O4P.Zn/c10-9(11)6-7-14(12)13-8-4-2-1-3-5-8;/h1-5H,6-7H2;/p+1. The molecule has 0 saturated carbocycles. The molecule has 6 heteroatoms. The molecule has 0 aromatic heterocycles. The second-order valence-corrected chi connectivity index (χ2v) is 3.90. The maximum Gasteiger partial charge on any atom is 0.556 e. The Morgan fingerprint density at radius 1 is 1.33 bits per heavy atom. The number of hydrogen-bond acceptors (Lipinski definition) is 3. The predicted molar refractivity (Wildman–Crippen MR) is 51.8 cm³/mol. The fraction of sp³-hybridized carbons (Fsp3) is 0.222. The van der Waals surface area contributed by atoms with Crippen molar-refractivity contribution in [2.45, 2.75) is 6.42 Å². The van der Waals surface area contributed by atoms with Crippen LogP contribution in [0.15, 0.2) is 30.3 Å². The van der Waals surface area contributed by atoms with Gasteiger partial charge in [0.2, 0.25) is 0 Å². The first-order chi connectivity index (χ1) is 6.68. The number of carbonyl (C=O) groups is 1. The first kappa shape index (κ1) is 14.2. The predicted octanol–water partition coefficient (Wildman–Crippen LogP) is 2.28. The zero-order chi connectivity index (χ0) is 10.4. The summed E-state index contributed by atoms with van der Waals surface area (Å²) >= 11 is 0. The Hall–Kier alpha value is -0.787. The van der Waals surface area contributed by atoms with Crippen molar-refractivity contribution in [1.29, 1.82) is 0 Å². The summed E-state index contributed by atoms with van der Waals surface area (Å²) in [5.41, 5.74) is 0. The summed E-state index contributed by atoms with van der Waals surface area (Å²) in [6.07, 6.45) is -0.0956. The Bertz CT molecular complexity index is 328. The summed E-state index contributed by atoms with van der Waals surface area (Å²) in [5.74, 6) is -0.469. The van der Waals surface area contributed by atoms with Crippen LogP contribution in [0.1, 0.15) is 6.42 Å². The van der Waals surface area contributed by atoms with E-state index in [1.54, 1.807) is 24.3 Å². The largest absolute Gasteiger partial charge is 0.556 e. The summed E-state index contributed by atoms with van der Waals surface area (Å²) in [4.78, 5) is 10.2. The average molecular weight is 279 g/mol. The smallest absolute Gasteiger partial charge is 0.481 e. The third-order valence-electron chi connectivity index (χ3n) is 1.46. The minimum atomic E-state index is -1.92. The molecule has 76 valence electrons. The van der Waals surface area contributed by atoms with Gasteiger partial charge in [-0.25, -0.2) is 0 Å². The number of para-hydroxylation sites is 1. The molecule has 1 N–H and O–H groups in total. The van der Waals surface area contributed by atoms with Gasteiger partial charge in [0, 0.05) is 19.5 Å². The van der Waals surface area contributed by atoms with E-state index in [4.69, 9.17) is 9.63 Å². The van der Waals surface area contributed by atoms with Gasteiger partial charge >= 0.3 is 14.0 Å². The molecule has 1 rings (SSSR count). The maximum absolute atomic E-state index is 11.2. The van der Waals surface area contributed by atoms with E-state index < -0.39 is 14.0 Å². The number of aliphatic carboxylic acids is 1. The van der Waals surface area contributed by atoms with Crippen LogP contribution in [0.4, 0.5) is 0 Å². The quantitative estimate of drug-likeness (QED) is 0.663. The molecular weight excluding hydrogens is 268 g/mol. The van der Waals surface area contributed by atoms with Crippen molar-refractivity contribution in [1.82, 2.24) is 0 Å². The number of carboxylic acid groups (broad SMARTS) is 1. The molecule has 1 aromatic rings. The fourth-order valence-corrected chi connectivity index (χ4v) is 1.65. The van der Waals surface area contributed by atoms with Crippen LogP contribution < -0.4 is 4.52 Å². The van der Waals surface area contributed by atoms with E-state index in [0.29, 0.717) is 5.75 Å². The van der Waals surface area contributed by atoms with Crippen molar-refractivity contribution in [3.05, 3.63) is 30.3 Å². The van der Waals surface area contributed by atoms with Crippen molar-refractivity contribution < 1.29 is 38.5 Å². The van der Waals surface area contributed by atoms with E-state index in [1.165, 1.54) is 0 Å². The summed E-state index contributed by atoms with van der Waals surface area (Å²) in [6.45, 7) is 0.